The largest absolute Gasteiger partial charge is 0.341 e. The summed E-state index contributed by atoms with van der Waals surface area (Å²) in [7, 11) is -3.44. The third kappa shape index (κ3) is 4.81. The second-order valence-electron chi connectivity index (χ2n) is 4.23. The van der Waals surface area contributed by atoms with Gasteiger partial charge in [-0.1, -0.05) is 0 Å². The second-order valence-corrected chi connectivity index (χ2v) is 6.48. The molecule has 1 atom stereocenters. The van der Waals surface area contributed by atoms with E-state index in [1.165, 1.54) is 0 Å². The average Bonchev–Trinajstić information content (AvgIpc) is 2.28. The highest BCUT2D eigenvalue weighted by Gasteiger charge is 2.25. The molecule has 0 radical (unpaired) electrons. The van der Waals surface area contributed by atoms with Gasteiger partial charge in [-0.3, -0.25) is 4.79 Å². The van der Waals surface area contributed by atoms with E-state index in [9.17, 15) is 13.2 Å². The number of nitrogens with one attached hydrogen (secondary N) is 1. The first-order valence-electron chi connectivity index (χ1n) is 5.81. The van der Waals surface area contributed by atoms with Gasteiger partial charge < -0.3 is 4.90 Å². The van der Waals surface area contributed by atoms with Crippen molar-refractivity contribution in [3.05, 3.63) is 0 Å². The van der Waals surface area contributed by atoms with Crippen LogP contribution < -0.4 is 4.72 Å². The Hall–Kier alpha value is -0.330. The number of alkyl halides is 1. The number of carbonyl (C=O) groups is 1. The molecule has 1 saturated heterocycles. The Balaban J connectivity index is 2.51. The molecule has 0 aliphatic carbocycles. The molecule has 1 aliphatic rings. The third-order valence-corrected chi connectivity index (χ3v) is 4.61. The molecule has 0 saturated carbocycles. The van der Waals surface area contributed by atoms with Gasteiger partial charge in [0.05, 0.1) is 11.8 Å². The maximum absolute atomic E-state index is 11.9. The van der Waals surface area contributed by atoms with E-state index in [-0.39, 0.29) is 17.5 Å². The van der Waals surface area contributed by atoms with Gasteiger partial charge in [-0.25, -0.2) is 13.1 Å². The van der Waals surface area contributed by atoms with Gasteiger partial charge in [0.25, 0.3) is 0 Å². The van der Waals surface area contributed by atoms with Gasteiger partial charge in [-0.05, 0) is 26.2 Å². The van der Waals surface area contributed by atoms with Crippen LogP contribution in [-0.2, 0) is 14.8 Å². The highest BCUT2D eigenvalue weighted by Crippen LogP contribution is 2.10. The SMILES string of the molecule is CC(NS(=O)(=O)CCCl)C(=O)N1CCCCC1. The van der Waals surface area contributed by atoms with Crippen molar-refractivity contribution in [2.45, 2.75) is 32.2 Å². The number of nitrogens with zero attached hydrogens (tertiary/aromatic N) is 1. The fraction of sp³-hybridized carbons (Fsp3) is 0.900. The minimum atomic E-state index is -3.44. The van der Waals surface area contributed by atoms with Gasteiger partial charge in [-0.15, -0.1) is 11.6 Å². The average molecular weight is 283 g/mol. The molecule has 100 valence electrons. The van der Waals surface area contributed by atoms with Gasteiger partial charge in [-0.2, -0.15) is 0 Å². The third-order valence-electron chi connectivity index (χ3n) is 2.74. The summed E-state index contributed by atoms with van der Waals surface area (Å²) in [5.74, 6) is -0.283. The standard InChI is InChI=1S/C10H19ClN2O3S/c1-9(12-17(15,16)8-5-11)10(14)13-6-3-2-4-7-13/h9,12H,2-8H2,1H3. The predicted molar refractivity (Wildman–Crippen MR) is 67.5 cm³/mol. The molecule has 17 heavy (non-hydrogen) atoms. The molecule has 1 rings (SSSR count). The van der Waals surface area contributed by atoms with Crippen LogP contribution in [0.4, 0.5) is 0 Å². The van der Waals surface area contributed by atoms with Crippen LogP contribution >= 0.6 is 11.6 Å². The molecule has 1 heterocycles. The first-order valence-corrected chi connectivity index (χ1v) is 8.00. The molecule has 1 unspecified atom stereocenters. The van der Waals surface area contributed by atoms with E-state index in [0.717, 1.165) is 32.4 Å². The summed E-state index contributed by atoms with van der Waals surface area (Å²) in [6, 6.07) is -0.707. The Morgan fingerprint density at radius 3 is 2.47 bits per heavy atom. The number of hydrogen-bond donors (Lipinski definition) is 1. The summed E-state index contributed by atoms with van der Waals surface area (Å²) in [5, 5.41) is 0. The molecule has 1 fully saturated rings. The Morgan fingerprint density at radius 1 is 1.35 bits per heavy atom. The van der Waals surface area contributed by atoms with E-state index in [2.05, 4.69) is 4.72 Å². The van der Waals surface area contributed by atoms with E-state index < -0.39 is 16.1 Å². The zero-order chi connectivity index (χ0) is 12.9. The number of amides is 1. The van der Waals surface area contributed by atoms with Crippen LogP contribution in [0.1, 0.15) is 26.2 Å². The summed E-state index contributed by atoms with van der Waals surface area (Å²) in [4.78, 5) is 13.7. The van der Waals surface area contributed by atoms with Gasteiger partial charge >= 0.3 is 0 Å². The van der Waals surface area contributed by atoms with Crippen molar-refractivity contribution in [1.82, 2.24) is 9.62 Å². The zero-order valence-corrected chi connectivity index (χ0v) is 11.6. The molecule has 1 amide bonds. The van der Waals surface area contributed by atoms with Crippen molar-refractivity contribution in [2.75, 3.05) is 24.7 Å². The summed E-state index contributed by atoms with van der Waals surface area (Å²) < 4.78 is 25.3. The Kier molecular flexibility index (Phi) is 5.69. The molecule has 0 aromatic heterocycles. The minimum Gasteiger partial charge on any atom is -0.341 e. The van der Waals surface area contributed by atoms with Crippen LogP contribution in [0, 0.1) is 0 Å². The summed E-state index contributed by atoms with van der Waals surface area (Å²) in [5.41, 5.74) is 0. The number of halogens is 1. The molecule has 0 spiro atoms. The highest BCUT2D eigenvalue weighted by molar-refractivity contribution is 7.89. The molecule has 7 heteroatoms. The molecule has 0 aromatic carbocycles. The van der Waals surface area contributed by atoms with Crippen molar-refractivity contribution in [3.63, 3.8) is 0 Å². The fourth-order valence-electron chi connectivity index (χ4n) is 1.87. The van der Waals surface area contributed by atoms with E-state index in [1.807, 2.05) is 0 Å². The second kappa shape index (κ2) is 6.56. The predicted octanol–water partition coefficient (Wildman–Crippen LogP) is 0.546. The number of carbonyl (C=O) groups excluding carboxylic acids is 1. The first kappa shape index (κ1) is 14.7. The fourth-order valence-corrected chi connectivity index (χ4v) is 3.44. The Bertz CT molecular complexity index is 353. The number of hydrogen-bond acceptors (Lipinski definition) is 3. The molecule has 0 bridgehead atoms. The lowest BCUT2D eigenvalue weighted by Crippen LogP contribution is -2.48. The molecule has 1 aliphatic heterocycles. The van der Waals surface area contributed by atoms with Crippen molar-refractivity contribution in [1.29, 1.82) is 0 Å². The van der Waals surface area contributed by atoms with Gasteiger partial charge in [0, 0.05) is 19.0 Å². The van der Waals surface area contributed by atoms with E-state index in [0.29, 0.717) is 0 Å². The van der Waals surface area contributed by atoms with E-state index in [1.54, 1.807) is 11.8 Å². The maximum Gasteiger partial charge on any atom is 0.240 e. The zero-order valence-electron chi connectivity index (χ0n) is 9.99. The summed E-state index contributed by atoms with van der Waals surface area (Å²) >= 11 is 5.38. The Morgan fingerprint density at radius 2 is 1.94 bits per heavy atom. The van der Waals surface area contributed by atoms with E-state index >= 15 is 0 Å². The van der Waals surface area contributed by atoms with Crippen LogP contribution in [0.3, 0.4) is 0 Å². The lowest BCUT2D eigenvalue weighted by Gasteiger charge is -2.29. The van der Waals surface area contributed by atoms with Crippen LogP contribution in [-0.4, -0.2) is 50.0 Å². The smallest absolute Gasteiger partial charge is 0.240 e. The Labute approximate surface area is 108 Å². The maximum atomic E-state index is 11.9. The summed E-state index contributed by atoms with van der Waals surface area (Å²) in [6.45, 7) is 3.02. The van der Waals surface area contributed by atoms with Gasteiger partial charge in [0.15, 0.2) is 0 Å². The molecular weight excluding hydrogens is 264 g/mol. The minimum absolute atomic E-state index is 0.0277. The van der Waals surface area contributed by atoms with Crippen molar-refractivity contribution < 1.29 is 13.2 Å². The number of rotatable bonds is 5. The molecule has 1 N–H and O–H groups in total. The first-order chi connectivity index (χ1) is 7.96. The lowest BCUT2D eigenvalue weighted by atomic mass is 10.1. The van der Waals surface area contributed by atoms with Crippen molar-refractivity contribution in [3.8, 4) is 0 Å². The van der Waals surface area contributed by atoms with Crippen molar-refractivity contribution >= 4 is 27.5 Å². The van der Waals surface area contributed by atoms with Crippen LogP contribution in [0.5, 0.6) is 0 Å². The molecular formula is C10H19ClN2O3S. The van der Waals surface area contributed by atoms with Crippen molar-refractivity contribution in [2.24, 2.45) is 0 Å². The van der Waals surface area contributed by atoms with E-state index in [4.69, 9.17) is 11.6 Å². The normalized spacial score (nSPS) is 19.1. The molecule has 5 nitrogen and oxygen atoms in total. The summed E-state index contributed by atoms with van der Waals surface area (Å²) in [6.07, 6.45) is 3.12. The van der Waals surface area contributed by atoms with Crippen LogP contribution in [0.15, 0.2) is 0 Å². The number of sulfonamides is 1. The van der Waals surface area contributed by atoms with Gasteiger partial charge in [0.2, 0.25) is 15.9 Å². The monoisotopic (exact) mass is 282 g/mol. The lowest BCUT2D eigenvalue weighted by molar-refractivity contribution is -0.133. The number of likely N-dealkylation sites (tertiary alicyclic amines) is 1. The van der Waals surface area contributed by atoms with Crippen LogP contribution in [0.25, 0.3) is 0 Å². The molecule has 0 aromatic rings. The topological polar surface area (TPSA) is 66.5 Å². The van der Waals surface area contributed by atoms with Gasteiger partial charge in [0.1, 0.15) is 0 Å². The van der Waals surface area contributed by atoms with Crippen LogP contribution in [0.2, 0.25) is 0 Å². The quantitative estimate of drug-likeness (QED) is 0.749. The number of piperidine rings is 1. The highest BCUT2D eigenvalue weighted by atomic mass is 35.5.